The fourth-order valence-electron chi connectivity index (χ4n) is 6.86. The van der Waals surface area contributed by atoms with Gasteiger partial charge in [0.1, 0.15) is 11.9 Å². The van der Waals surface area contributed by atoms with Gasteiger partial charge in [-0.25, -0.2) is 9.37 Å². The molecule has 51 heavy (non-hydrogen) atoms. The van der Waals surface area contributed by atoms with Crippen LogP contribution in [0.1, 0.15) is 86.9 Å². The van der Waals surface area contributed by atoms with Gasteiger partial charge in [-0.2, -0.15) is 0 Å². The summed E-state index contributed by atoms with van der Waals surface area (Å²) < 4.78 is 14.6. The fraction of sp³-hybridized carbons (Fsp3) is 0.425. The SMILES string of the molecule is CCC(=O)N[C@@H](Cc1nc2cc(F)ccc2s1)C(=O)N[C@H](C(=O)C[C@@H](CCCCN)C(=O)NC(c1ccccc1)c1ccccc1)C1CCCC1. The second-order valence-electron chi connectivity index (χ2n) is 13.3. The summed E-state index contributed by atoms with van der Waals surface area (Å²) >= 11 is 1.33. The molecule has 4 aromatic rings. The van der Waals surface area contributed by atoms with Crippen molar-refractivity contribution in [3.05, 3.63) is 101 Å². The summed E-state index contributed by atoms with van der Waals surface area (Å²) in [6.07, 6.45) is 5.55. The number of hydrogen-bond acceptors (Lipinski definition) is 7. The van der Waals surface area contributed by atoms with E-state index in [2.05, 4.69) is 20.9 Å². The van der Waals surface area contributed by atoms with Crippen molar-refractivity contribution >= 4 is 45.1 Å². The molecule has 1 aliphatic carbocycles. The van der Waals surface area contributed by atoms with Crippen molar-refractivity contribution in [3.8, 4) is 0 Å². The smallest absolute Gasteiger partial charge is 0.243 e. The lowest BCUT2D eigenvalue weighted by molar-refractivity contribution is -0.134. The molecule has 0 bridgehead atoms. The molecule has 5 rings (SSSR count). The van der Waals surface area contributed by atoms with Gasteiger partial charge in [-0.3, -0.25) is 19.2 Å². The van der Waals surface area contributed by atoms with Gasteiger partial charge in [-0.05, 0) is 61.4 Å². The van der Waals surface area contributed by atoms with Crippen molar-refractivity contribution < 1.29 is 23.6 Å². The van der Waals surface area contributed by atoms with Crippen molar-refractivity contribution in [1.82, 2.24) is 20.9 Å². The van der Waals surface area contributed by atoms with Gasteiger partial charge in [-0.1, -0.05) is 86.8 Å². The predicted molar refractivity (Wildman–Crippen MR) is 198 cm³/mol. The lowest BCUT2D eigenvalue weighted by Gasteiger charge is -2.28. The number of nitrogens with one attached hydrogen (secondary N) is 3. The first-order valence-corrected chi connectivity index (χ1v) is 18.8. The standard InChI is InChI=1S/C40H48FN5O4S/c1-2-35(48)43-32(25-36-44-31-24-30(41)20-21-34(31)51-36)40(50)46-38(28-17-9-10-18-28)33(47)23-29(19-11-12-22-42)39(49)45-37(26-13-5-3-6-14-26)27-15-7-4-8-16-27/h3-8,13-16,20-21,24,28-29,32,37-38H,2,9-12,17-19,22-23,25,42H2,1H3,(H,43,48)(H,45,49)(H,46,50)/t29-,32+,38+/m1/s1. The lowest BCUT2D eigenvalue weighted by atomic mass is 9.86. The maximum Gasteiger partial charge on any atom is 0.243 e. The first-order chi connectivity index (χ1) is 24.7. The van der Waals surface area contributed by atoms with Crippen LogP contribution >= 0.6 is 11.3 Å². The Morgan fingerprint density at radius 3 is 2.18 bits per heavy atom. The number of benzene rings is 3. The van der Waals surface area contributed by atoms with E-state index < -0.39 is 35.8 Å². The summed E-state index contributed by atoms with van der Waals surface area (Å²) in [6.45, 7) is 2.18. The highest BCUT2D eigenvalue weighted by molar-refractivity contribution is 7.18. The number of hydrogen-bond donors (Lipinski definition) is 4. The lowest BCUT2D eigenvalue weighted by Crippen LogP contribution is -2.54. The normalized spacial score (nSPS) is 15.0. The number of nitrogens with zero attached hydrogens (tertiary/aromatic N) is 1. The third-order valence-corrected chi connectivity index (χ3v) is 10.7. The number of fused-ring (bicyclic) bond motifs is 1. The number of amides is 3. The number of carbonyl (C=O) groups excluding carboxylic acids is 4. The average Bonchev–Trinajstić information content (AvgIpc) is 3.82. The van der Waals surface area contributed by atoms with Crippen molar-refractivity contribution in [2.24, 2.45) is 17.6 Å². The first kappa shape index (κ1) is 37.8. The number of thiazole rings is 1. The van der Waals surface area contributed by atoms with Gasteiger partial charge in [-0.15, -0.1) is 11.3 Å². The summed E-state index contributed by atoms with van der Waals surface area (Å²) in [5.41, 5.74) is 8.14. The van der Waals surface area contributed by atoms with Gasteiger partial charge < -0.3 is 21.7 Å². The molecular weight excluding hydrogens is 666 g/mol. The Labute approximate surface area is 303 Å². The molecule has 3 aromatic carbocycles. The molecule has 1 aliphatic rings. The van der Waals surface area contributed by atoms with E-state index >= 15 is 0 Å². The predicted octanol–water partition coefficient (Wildman–Crippen LogP) is 6.16. The molecule has 0 spiro atoms. The fourth-order valence-corrected chi connectivity index (χ4v) is 7.86. The maximum absolute atomic E-state index is 14.3. The van der Waals surface area contributed by atoms with Crippen molar-refractivity contribution in [2.45, 2.75) is 89.3 Å². The number of nitrogens with two attached hydrogens (primary N) is 1. The van der Waals surface area contributed by atoms with Crippen LogP contribution in [0, 0.1) is 17.7 Å². The summed E-state index contributed by atoms with van der Waals surface area (Å²) in [4.78, 5) is 59.4. The minimum atomic E-state index is -0.985. The molecule has 3 amide bonds. The Hall–Kier alpha value is -4.48. The summed E-state index contributed by atoms with van der Waals surface area (Å²) in [5.74, 6) is -2.33. The largest absolute Gasteiger partial charge is 0.345 e. The first-order valence-electron chi connectivity index (χ1n) is 18.0. The molecule has 0 aliphatic heterocycles. The van der Waals surface area contributed by atoms with E-state index in [0.717, 1.165) is 47.9 Å². The van der Waals surface area contributed by atoms with E-state index in [1.165, 1.54) is 23.5 Å². The number of ketones is 1. The summed E-state index contributed by atoms with van der Waals surface area (Å²) in [6, 6.07) is 21.6. The van der Waals surface area contributed by atoms with Gasteiger partial charge in [0, 0.05) is 31.2 Å². The van der Waals surface area contributed by atoms with E-state index in [-0.39, 0.29) is 42.8 Å². The van der Waals surface area contributed by atoms with Crippen molar-refractivity contribution in [2.75, 3.05) is 6.54 Å². The second-order valence-corrected chi connectivity index (χ2v) is 14.5. The summed E-state index contributed by atoms with van der Waals surface area (Å²) in [5, 5.41) is 9.62. The molecule has 3 atom stereocenters. The van der Waals surface area contributed by atoms with Crippen LogP contribution in [0.2, 0.25) is 0 Å². The van der Waals surface area contributed by atoms with Crippen LogP contribution in [0.3, 0.4) is 0 Å². The Bertz CT molecular complexity index is 1720. The average molecular weight is 714 g/mol. The monoisotopic (exact) mass is 713 g/mol. The van der Waals surface area contributed by atoms with Crippen LogP contribution in [-0.4, -0.2) is 47.1 Å². The van der Waals surface area contributed by atoms with Crippen molar-refractivity contribution in [1.29, 1.82) is 0 Å². The highest BCUT2D eigenvalue weighted by Crippen LogP contribution is 2.31. The zero-order valence-corrected chi connectivity index (χ0v) is 29.9. The minimum Gasteiger partial charge on any atom is -0.345 e. The van der Waals surface area contributed by atoms with Gasteiger partial charge in [0.15, 0.2) is 5.78 Å². The number of halogens is 1. The Balaban J connectivity index is 1.36. The van der Waals surface area contributed by atoms with Crippen LogP contribution in [-0.2, 0) is 25.6 Å². The van der Waals surface area contributed by atoms with Crippen LogP contribution in [0.4, 0.5) is 4.39 Å². The molecule has 0 unspecified atom stereocenters. The molecule has 11 heteroatoms. The topological polar surface area (TPSA) is 143 Å². The van der Waals surface area contributed by atoms with Gasteiger partial charge in [0.2, 0.25) is 17.7 Å². The third-order valence-electron chi connectivity index (χ3n) is 9.64. The van der Waals surface area contributed by atoms with E-state index in [4.69, 9.17) is 5.73 Å². The highest BCUT2D eigenvalue weighted by Gasteiger charge is 2.36. The second kappa shape index (κ2) is 18.7. The molecule has 1 heterocycles. The molecular formula is C40H48FN5O4S. The van der Waals surface area contributed by atoms with E-state index in [0.29, 0.717) is 29.9 Å². The number of unbranched alkanes of at least 4 members (excludes halogenated alkanes) is 1. The van der Waals surface area contributed by atoms with E-state index in [9.17, 15) is 23.6 Å². The number of carbonyl (C=O) groups is 4. The Kier molecular flexibility index (Phi) is 13.8. The number of aromatic nitrogens is 1. The molecule has 5 N–H and O–H groups in total. The van der Waals surface area contributed by atoms with Gasteiger partial charge in [0.25, 0.3) is 0 Å². The van der Waals surface area contributed by atoms with Crippen LogP contribution in [0.15, 0.2) is 78.9 Å². The van der Waals surface area contributed by atoms with Crippen LogP contribution in [0.5, 0.6) is 0 Å². The third kappa shape index (κ3) is 10.5. The zero-order valence-electron chi connectivity index (χ0n) is 29.1. The van der Waals surface area contributed by atoms with Crippen molar-refractivity contribution in [3.63, 3.8) is 0 Å². The maximum atomic E-state index is 14.3. The number of Topliss-reactive ketones (excluding diaryl/α,β-unsaturated/α-hetero) is 1. The van der Waals surface area contributed by atoms with Gasteiger partial charge >= 0.3 is 0 Å². The minimum absolute atomic E-state index is 0.0381. The Morgan fingerprint density at radius 1 is 0.882 bits per heavy atom. The molecule has 270 valence electrons. The quantitative estimate of drug-likeness (QED) is 0.0911. The highest BCUT2D eigenvalue weighted by atomic mass is 32.1. The molecule has 1 saturated carbocycles. The van der Waals surface area contributed by atoms with E-state index in [1.807, 2.05) is 60.7 Å². The molecule has 9 nitrogen and oxygen atoms in total. The van der Waals surface area contributed by atoms with E-state index in [1.54, 1.807) is 13.0 Å². The number of rotatable bonds is 18. The van der Waals surface area contributed by atoms with Crippen LogP contribution < -0.4 is 21.7 Å². The molecule has 1 fully saturated rings. The Morgan fingerprint density at radius 2 is 1.55 bits per heavy atom. The molecule has 1 aromatic heterocycles. The van der Waals surface area contributed by atoms with Crippen LogP contribution in [0.25, 0.3) is 10.2 Å². The summed E-state index contributed by atoms with van der Waals surface area (Å²) in [7, 11) is 0. The van der Waals surface area contributed by atoms with Gasteiger partial charge in [0.05, 0.1) is 27.3 Å². The molecule has 0 radical (unpaired) electrons. The molecule has 0 saturated heterocycles. The zero-order chi connectivity index (χ0) is 36.2.